The number of rotatable bonds is 3. The zero-order valence-corrected chi connectivity index (χ0v) is 27.7. The molecule has 11 rings (SSSR count). The molecule has 0 atom stereocenters. The van der Waals surface area contributed by atoms with Gasteiger partial charge in [0.1, 0.15) is 0 Å². The molecule has 0 fully saturated rings. The molecular formula is C45H28S2. The molecule has 2 aliphatic rings. The summed E-state index contributed by atoms with van der Waals surface area (Å²) in [7, 11) is 0. The van der Waals surface area contributed by atoms with E-state index in [0.29, 0.717) is 0 Å². The van der Waals surface area contributed by atoms with E-state index in [0.717, 1.165) is 6.42 Å². The Morgan fingerprint density at radius 2 is 0.915 bits per heavy atom. The summed E-state index contributed by atoms with van der Waals surface area (Å²) in [6, 6.07) is 46.3. The van der Waals surface area contributed by atoms with Gasteiger partial charge in [-0.05, 0) is 86.0 Å². The second kappa shape index (κ2) is 9.29. The molecule has 0 spiro atoms. The summed E-state index contributed by atoms with van der Waals surface area (Å²) < 4.78 is 2.77. The molecule has 0 N–H and O–H groups in total. The van der Waals surface area contributed by atoms with E-state index in [1.54, 1.807) is 0 Å². The van der Waals surface area contributed by atoms with E-state index in [2.05, 4.69) is 135 Å². The molecule has 47 heavy (non-hydrogen) atoms. The highest BCUT2D eigenvalue weighted by atomic mass is 32.1. The third-order valence-electron chi connectivity index (χ3n) is 10.6. The average Bonchev–Trinajstić information content (AvgIpc) is 3.84. The Hall–Kier alpha value is -5.02. The third kappa shape index (κ3) is 3.42. The van der Waals surface area contributed by atoms with Crippen molar-refractivity contribution in [2.75, 3.05) is 0 Å². The van der Waals surface area contributed by atoms with Crippen LogP contribution in [0.25, 0.3) is 107 Å². The quantitative estimate of drug-likeness (QED) is 0.182. The minimum absolute atomic E-state index is 1.06. The topological polar surface area (TPSA) is 0 Å². The van der Waals surface area contributed by atoms with E-state index >= 15 is 0 Å². The molecule has 0 saturated heterocycles. The van der Waals surface area contributed by atoms with Gasteiger partial charge < -0.3 is 0 Å². The monoisotopic (exact) mass is 632 g/mol. The van der Waals surface area contributed by atoms with Crippen LogP contribution in [0.3, 0.4) is 0 Å². The summed E-state index contributed by atoms with van der Waals surface area (Å²) in [5.41, 5.74) is 16.3. The van der Waals surface area contributed by atoms with Crippen molar-refractivity contribution in [1.82, 2.24) is 0 Å². The van der Waals surface area contributed by atoms with Gasteiger partial charge in [0.25, 0.3) is 0 Å². The standard InChI is InChI=1S/C45H28S2/c1-3-25-12-16-27(17-13-25)29-19-21-33-41-31(29)7-5-9-35(41)45-43(33)37-23-38-36(22-39(37)47-45)42-32-20-18-28(26-14-10-24(2)11-15-26)30-6-4-8-34(40(30)32)44(42)46-38/h4-23H,3H2,1-2H3. The van der Waals surface area contributed by atoms with Gasteiger partial charge >= 0.3 is 0 Å². The maximum Gasteiger partial charge on any atom is 0.0440 e. The van der Waals surface area contributed by atoms with Crippen molar-refractivity contribution in [3.63, 3.8) is 0 Å². The molecular weight excluding hydrogens is 605 g/mol. The number of benzene rings is 7. The van der Waals surface area contributed by atoms with Crippen molar-refractivity contribution in [3.8, 4) is 65.4 Å². The highest BCUT2D eigenvalue weighted by Crippen LogP contribution is 2.59. The van der Waals surface area contributed by atoms with Gasteiger partial charge in [0.2, 0.25) is 0 Å². The summed E-state index contributed by atoms with van der Waals surface area (Å²) in [4.78, 5) is 2.83. The summed E-state index contributed by atoms with van der Waals surface area (Å²) >= 11 is 3.94. The lowest BCUT2D eigenvalue weighted by atomic mass is 9.93. The Morgan fingerprint density at radius 1 is 0.447 bits per heavy atom. The normalized spacial score (nSPS) is 12.6. The van der Waals surface area contributed by atoms with Crippen LogP contribution in [0, 0.1) is 6.92 Å². The summed E-state index contributed by atoms with van der Waals surface area (Å²) in [6.07, 6.45) is 1.06. The fourth-order valence-electron chi connectivity index (χ4n) is 8.37. The van der Waals surface area contributed by atoms with Crippen molar-refractivity contribution in [2.45, 2.75) is 20.3 Å². The van der Waals surface area contributed by atoms with Crippen LogP contribution in [-0.4, -0.2) is 0 Å². The predicted octanol–water partition coefficient (Wildman–Crippen LogP) is 13.9. The van der Waals surface area contributed by atoms with Crippen molar-refractivity contribution in [2.24, 2.45) is 0 Å². The Morgan fingerprint density at radius 3 is 1.40 bits per heavy atom. The molecule has 2 aliphatic carbocycles. The van der Waals surface area contributed by atoms with Crippen LogP contribution in [0.15, 0.2) is 121 Å². The van der Waals surface area contributed by atoms with Gasteiger partial charge in [0.15, 0.2) is 0 Å². The zero-order chi connectivity index (χ0) is 31.0. The Bertz CT molecular complexity index is 2810. The maximum absolute atomic E-state index is 2.50. The van der Waals surface area contributed by atoms with E-state index < -0.39 is 0 Å². The first-order valence-corrected chi connectivity index (χ1v) is 18.1. The van der Waals surface area contributed by atoms with Gasteiger partial charge in [-0.3, -0.25) is 0 Å². The fraction of sp³-hybridized carbons (Fsp3) is 0.0667. The predicted molar refractivity (Wildman–Crippen MR) is 206 cm³/mol. The number of fused-ring (bicyclic) bond motifs is 10. The lowest BCUT2D eigenvalue weighted by Gasteiger charge is -2.11. The van der Waals surface area contributed by atoms with E-state index in [4.69, 9.17) is 0 Å². The lowest BCUT2D eigenvalue weighted by molar-refractivity contribution is 1.14. The second-order valence-electron chi connectivity index (χ2n) is 13.2. The molecule has 9 aromatic rings. The molecule has 0 saturated carbocycles. The van der Waals surface area contributed by atoms with Crippen LogP contribution in [0.4, 0.5) is 0 Å². The number of hydrogen-bond acceptors (Lipinski definition) is 2. The second-order valence-corrected chi connectivity index (χ2v) is 15.3. The molecule has 0 unspecified atom stereocenters. The Balaban J connectivity index is 1.09. The Kier molecular flexibility index (Phi) is 5.16. The van der Waals surface area contributed by atoms with Gasteiger partial charge in [0.05, 0.1) is 0 Å². The van der Waals surface area contributed by atoms with E-state index in [-0.39, 0.29) is 0 Å². The largest absolute Gasteiger partial charge is 0.134 e. The number of hydrogen-bond donors (Lipinski definition) is 0. The van der Waals surface area contributed by atoms with Gasteiger partial charge in [-0.15, -0.1) is 22.7 Å². The van der Waals surface area contributed by atoms with Crippen LogP contribution in [0.5, 0.6) is 0 Å². The molecule has 2 heteroatoms. The number of aryl methyl sites for hydroxylation is 2. The molecule has 2 aromatic heterocycles. The minimum Gasteiger partial charge on any atom is -0.134 e. The van der Waals surface area contributed by atoms with E-state index in [1.165, 1.54) is 118 Å². The summed E-state index contributed by atoms with van der Waals surface area (Å²) in [5, 5.41) is 8.30. The molecule has 7 aromatic carbocycles. The summed E-state index contributed by atoms with van der Waals surface area (Å²) in [5.74, 6) is 0. The molecule has 2 heterocycles. The van der Waals surface area contributed by atoms with Crippen molar-refractivity contribution in [1.29, 1.82) is 0 Å². The molecule has 0 aliphatic heterocycles. The van der Waals surface area contributed by atoms with Gasteiger partial charge in [-0.1, -0.05) is 122 Å². The lowest BCUT2D eigenvalue weighted by Crippen LogP contribution is -1.85. The molecule has 0 amide bonds. The van der Waals surface area contributed by atoms with Crippen molar-refractivity contribution < 1.29 is 0 Å². The molecule has 220 valence electrons. The molecule has 0 radical (unpaired) electrons. The van der Waals surface area contributed by atoms with Gasteiger partial charge in [-0.25, -0.2) is 0 Å². The van der Waals surface area contributed by atoms with Crippen molar-refractivity contribution >= 4 is 64.4 Å². The van der Waals surface area contributed by atoms with Crippen LogP contribution >= 0.6 is 22.7 Å². The highest BCUT2D eigenvalue weighted by Gasteiger charge is 2.30. The SMILES string of the molecule is CCc1ccc(-c2ccc3c4c(cccc24)-c2sc4cc5c6c(sc5cc4c2-3)-c2cccc3c(-c4ccc(C)cc4)ccc-6c23)cc1. The summed E-state index contributed by atoms with van der Waals surface area (Å²) in [6.45, 7) is 4.37. The van der Waals surface area contributed by atoms with E-state index in [9.17, 15) is 0 Å². The highest BCUT2D eigenvalue weighted by molar-refractivity contribution is 7.25. The first-order valence-electron chi connectivity index (χ1n) is 16.5. The number of thiophene rings is 2. The maximum atomic E-state index is 2.50. The van der Waals surface area contributed by atoms with Crippen molar-refractivity contribution in [3.05, 3.63) is 132 Å². The van der Waals surface area contributed by atoms with Crippen LogP contribution < -0.4 is 0 Å². The van der Waals surface area contributed by atoms with Crippen LogP contribution in [0.2, 0.25) is 0 Å². The first kappa shape index (κ1) is 26.1. The van der Waals surface area contributed by atoms with Gasteiger partial charge in [-0.2, -0.15) is 0 Å². The third-order valence-corrected chi connectivity index (χ3v) is 13.0. The minimum atomic E-state index is 1.06. The Labute approximate surface area is 281 Å². The van der Waals surface area contributed by atoms with Crippen LogP contribution in [0.1, 0.15) is 18.1 Å². The van der Waals surface area contributed by atoms with Gasteiger partial charge in [0, 0.05) is 52.2 Å². The van der Waals surface area contributed by atoms with E-state index in [1.807, 2.05) is 22.7 Å². The first-order chi connectivity index (χ1) is 23.2. The average molecular weight is 633 g/mol. The fourth-order valence-corrected chi connectivity index (χ4v) is 10.9. The molecule has 0 bridgehead atoms. The molecule has 0 nitrogen and oxygen atoms in total. The van der Waals surface area contributed by atoms with Crippen LogP contribution in [-0.2, 0) is 6.42 Å². The zero-order valence-electron chi connectivity index (χ0n) is 26.1. The smallest absolute Gasteiger partial charge is 0.0440 e.